The summed E-state index contributed by atoms with van der Waals surface area (Å²) in [6.07, 6.45) is 1.96. The Kier molecular flexibility index (Phi) is 3.78. The van der Waals surface area contributed by atoms with Crippen LogP contribution in [-0.4, -0.2) is 23.8 Å². The van der Waals surface area contributed by atoms with Gasteiger partial charge in [0.1, 0.15) is 0 Å². The van der Waals surface area contributed by atoms with E-state index in [1.165, 1.54) is 22.5 Å². The Labute approximate surface area is 133 Å². The van der Waals surface area contributed by atoms with Crippen molar-refractivity contribution in [2.24, 2.45) is 0 Å². The second-order valence-corrected chi connectivity index (χ2v) is 7.79. The van der Waals surface area contributed by atoms with Crippen LogP contribution in [0.4, 0.5) is 0 Å². The van der Waals surface area contributed by atoms with Crippen LogP contribution >= 0.6 is 23.2 Å². The molecule has 1 aromatic carbocycles. The fourth-order valence-electron chi connectivity index (χ4n) is 2.70. The maximum atomic E-state index is 12.8. The summed E-state index contributed by atoms with van der Waals surface area (Å²) >= 11 is 11.8. The molecule has 2 heterocycles. The van der Waals surface area contributed by atoms with Crippen molar-refractivity contribution in [3.05, 3.63) is 52.3 Å². The molecule has 2 aromatic rings. The molecule has 112 valence electrons. The highest BCUT2D eigenvalue weighted by atomic mass is 35.5. The molecule has 0 saturated heterocycles. The molecule has 1 atom stereocenters. The van der Waals surface area contributed by atoms with E-state index < -0.39 is 10.0 Å². The van der Waals surface area contributed by atoms with Gasteiger partial charge in [0.25, 0.3) is 0 Å². The van der Waals surface area contributed by atoms with Gasteiger partial charge in [0.15, 0.2) is 0 Å². The first-order chi connectivity index (χ1) is 9.89. The third kappa shape index (κ3) is 2.59. The van der Waals surface area contributed by atoms with Crippen molar-refractivity contribution in [1.29, 1.82) is 0 Å². The van der Waals surface area contributed by atoms with Crippen LogP contribution in [0, 0.1) is 0 Å². The maximum Gasteiger partial charge on any atom is 0.243 e. The van der Waals surface area contributed by atoms with Crippen molar-refractivity contribution in [2.45, 2.75) is 24.4 Å². The number of halogens is 2. The van der Waals surface area contributed by atoms with Crippen molar-refractivity contribution < 1.29 is 8.42 Å². The Morgan fingerprint density at radius 1 is 1.14 bits per heavy atom. The van der Waals surface area contributed by atoms with Gasteiger partial charge in [-0.3, -0.25) is 0 Å². The zero-order chi connectivity index (χ0) is 15.2. The van der Waals surface area contributed by atoms with Crippen molar-refractivity contribution >= 4 is 33.2 Å². The molecule has 1 aromatic heterocycles. The smallest absolute Gasteiger partial charge is 0.243 e. The monoisotopic (exact) mass is 344 g/mol. The minimum absolute atomic E-state index is 0.131. The largest absolute Gasteiger partial charge is 0.349 e. The highest BCUT2D eigenvalue weighted by Crippen LogP contribution is 2.32. The van der Waals surface area contributed by atoms with Crippen molar-refractivity contribution in [2.75, 3.05) is 6.54 Å². The second-order valence-electron chi connectivity index (χ2n) is 5.02. The van der Waals surface area contributed by atoms with Crippen molar-refractivity contribution in [3.63, 3.8) is 0 Å². The Morgan fingerprint density at radius 3 is 2.48 bits per heavy atom. The van der Waals surface area contributed by atoms with Crippen LogP contribution in [0.15, 0.2) is 41.4 Å². The van der Waals surface area contributed by atoms with Crippen molar-refractivity contribution in [1.82, 2.24) is 8.87 Å². The zero-order valence-electron chi connectivity index (χ0n) is 11.3. The number of nitrogens with zero attached hydrogens (tertiary/aromatic N) is 2. The van der Waals surface area contributed by atoms with Gasteiger partial charge in [-0.05, 0) is 37.3 Å². The molecule has 0 aliphatic carbocycles. The zero-order valence-corrected chi connectivity index (χ0v) is 13.7. The summed E-state index contributed by atoms with van der Waals surface area (Å²) in [4.78, 5) is 0.131. The van der Waals surface area contributed by atoms with Gasteiger partial charge in [-0.2, -0.15) is 4.31 Å². The number of sulfonamides is 1. The van der Waals surface area contributed by atoms with Crippen molar-refractivity contribution in [3.8, 4) is 0 Å². The number of fused-ring (bicyclic) bond motifs is 1. The van der Waals surface area contributed by atoms with Gasteiger partial charge < -0.3 is 4.57 Å². The number of aromatic nitrogens is 1. The standard InChI is InChI=1S/C14H14Cl2N2O2S/c1-10-14-3-2-4-17(14)5-6-18(10)21(19,20)13-8-11(15)7-12(16)9-13/h2-4,7-10H,5-6H2,1H3/t10-/m0/s1. The summed E-state index contributed by atoms with van der Waals surface area (Å²) in [6, 6.07) is 8.03. The summed E-state index contributed by atoms with van der Waals surface area (Å²) in [5.74, 6) is 0. The SMILES string of the molecule is C[C@H]1c2cccn2CCN1S(=O)(=O)c1cc(Cl)cc(Cl)c1. The molecular weight excluding hydrogens is 331 g/mol. The molecule has 0 spiro atoms. The molecule has 0 N–H and O–H groups in total. The summed E-state index contributed by atoms with van der Waals surface area (Å²) in [5, 5.41) is 0.628. The van der Waals surface area contributed by atoms with Gasteiger partial charge in [0, 0.05) is 35.0 Å². The van der Waals surface area contributed by atoms with Gasteiger partial charge in [-0.25, -0.2) is 8.42 Å². The molecule has 0 saturated carbocycles. The van der Waals surface area contributed by atoms with E-state index in [9.17, 15) is 8.42 Å². The Morgan fingerprint density at radius 2 is 1.81 bits per heavy atom. The van der Waals surface area contributed by atoms with Crippen LogP contribution in [0.1, 0.15) is 18.7 Å². The van der Waals surface area contributed by atoms with E-state index >= 15 is 0 Å². The highest BCUT2D eigenvalue weighted by Gasteiger charge is 2.34. The lowest BCUT2D eigenvalue weighted by atomic mass is 10.2. The normalized spacial score (nSPS) is 19.5. The molecular formula is C14H14Cl2N2O2S. The van der Waals surface area contributed by atoms with Gasteiger partial charge in [-0.15, -0.1) is 0 Å². The van der Waals surface area contributed by atoms with Crippen LogP contribution in [0.5, 0.6) is 0 Å². The van der Waals surface area contributed by atoms with E-state index in [2.05, 4.69) is 4.57 Å². The van der Waals surface area contributed by atoms with Gasteiger partial charge in [-0.1, -0.05) is 23.2 Å². The average Bonchev–Trinajstić information content (AvgIpc) is 2.87. The lowest BCUT2D eigenvalue weighted by Gasteiger charge is -2.33. The fourth-order valence-corrected chi connectivity index (χ4v) is 5.02. The summed E-state index contributed by atoms with van der Waals surface area (Å²) in [7, 11) is -3.63. The van der Waals surface area contributed by atoms with Gasteiger partial charge in [0.05, 0.1) is 10.9 Å². The topological polar surface area (TPSA) is 42.3 Å². The third-order valence-corrected chi connectivity index (χ3v) is 6.11. The van der Waals surface area contributed by atoms with Crippen LogP contribution in [-0.2, 0) is 16.6 Å². The molecule has 1 aliphatic heterocycles. The first-order valence-electron chi connectivity index (χ1n) is 6.52. The van der Waals surface area contributed by atoms with E-state index in [1.807, 2.05) is 25.3 Å². The lowest BCUT2D eigenvalue weighted by molar-refractivity contribution is 0.282. The average molecular weight is 345 g/mol. The summed E-state index contributed by atoms with van der Waals surface area (Å²) in [6.45, 7) is 2.95. The maximum absolute atomic E-state index is 12.8. The molecule has 0 amide bonds. The first-order valence-corrected chi connectivity index (χ1v) is 8.72. The Bertz CT molecular complexity index is 766. The highest BCUT2D eigenvalue weighted by molar-refractivity contribution is 7.89. The number of benzene rings is 1. The van der Waals surface area contributed by atoms with Crippen LogP contribution < -0.4 is 0 Å². The molecule has 7 heteroatoms. The summed E-state index contributed by atoms with van der Waals surface area (Å²) in [5.41, 5.74) is 0.984. The Balaban J connectivity index is 2.03. The minimum Gasteiger partial charge on any atom is -0.349 e. The third-order valence-electron chi connectivity index (χ3n) is 3.73. The van der Waals surface area contributed by atoms with E-state index in [1.54, 1.807) is 0 Å². The van der Waals surface area contributed by atoms with Crippen LogP contribution in [0.25, 0.3) is 0 Å². The van der Waals surface area contributed by atoms with E-state index in [0.717, 1.165) is 5.69 Å². The molecule has 21 heavy (non-hydrogen) atoms. The number of rotatable bonds is 2. The quantitative estimate of drug-likeness (QED) is 0.835. The predicted molar refractivity (Wildman–Crippen MR) is 83.2 cm³/mol. The van der Waals surface area contributed by atoms with Gasteiger partial charge in [0.2, 0.25) is 10.0 Å². The molecule has 3 rings (SSSR count). The lowest BCUT2D eigenvalue weighted by Crippen LogP contribution is -2.40. The fraction of sp³-hybridized carbons (Fsp3) is 0.286. The van der Waals surface area contributed by atoms with E-state index in [4.69, 9.17) is 23.2 Å². The van der Waals surface area contributed by atoms with Crippen LogP contribution in [0.2, 0.25) is 10.0 Å². The molecule has 0 fully saturated rings. The van der Waals surface area contributed by atoms with E-state index in [-0.39, 0.29) is 10.9 Å². The molecule has 0 bridgehead atoms. The second kappa shape index (κ2) is 5.32. The first kappa shape index (κ1) is 14.9. The number of hydrogen-bond acceptors (Lipinski definition) is 2. The predicted octanol–water partition coefficient (Wildman–Crippen LogP) is 3.56. The van der Waals surface area contributed by atoms with Gasteiger partial charge >= 0.3 is 0 Å². The summed E-state index contributed by atoms with van der Waals surface area (Å²) < 4.78 is 29.2. The molecule has 0 radical (unpaired) electrons. The molecule has 0 unspecified atom stereocenters. The van der Waals surface area contributed by atoms with E-state index in [0.29, 0.717) is 23.1 Å². The Hall–Kier alpha value is -1.01. The molecule has 4 nitrogen and oxygen atoms in total. The minimum atomic E-state index is -3.63. The molecule has 1 aliphatic rings. The number of hydrogen-bond donors (Lipinski definition) is 0. The van der Waals surface area contributed by atoms with Crippen LogP contribution in [0.3, 0.4) is 0 Å².